The first-order chi connectivity index (χ1) is 14.9. The highest BCUT2D eigenvalue weighted by Gasteiger charge is 2.12. The smallest absolute Gasteiger partial charge is 0.0387 e. The molecule has 0 aromatic heterocycles. The summed E-state index contributed by atoms with van der Waals surface area (Å²) in [6.07, 6.45) is 6.17. The van der Waals surface area contributed by atoms with Crippen LogP contribution in [0, 0.1) is 0 Å². The first-order valence-electron chi connectivity index (χ1n) is 11.0. The van der Waals surface area contributed by atoms with Gasteiger partial charge in [-0.3, -0.25) is 0 Å². The van der Waals surface area contributed by atoms with Gasteiger partial charge in [0.2, 0.25) is 0 Å². The number of hydrogen-bond acceptors (Lipinski definition) is 1. The minimum Gasteiger partial charge on any atom is -0.356 e. The van der Waals surface area contributed by atoms with Gasteiger partial charge in [-0.2, -0.15) is 0 Å². The van der Waals surface area contributed by atoms with Gasteiger partial charge in [0.05, 0.1) is 0 Å². The molecule has 1 aliphatic rings. The molecule has 0 radical (unpaired) electrons. The molecule has 0 spiro atoms. The van der Waals surface area contributed by atoms with E-state index in [-0.39, 0.29) is 0 Å². The molecule has 0 aliphatic heterocycles. The third kappa shape index (κ3) is 4.02. The number of benzene rings is 4. The van der Waals surface area contributed by atoms with Crippen LogP contribution in [-0.2, 0) is 12.8 Å². The second-order valence-electron chi connectivity index (χ2n) is 8.16. The Bertz CT molecular complexity index is 1130. The molecule has 1 nitrogen and oxygen atoms in total. The van der Waals surface area contributed by atoms with Crippen molar-refractivity contribution in [2.45, 2.75) is 32.1 Å². The molecule has 0 atom stereocenters. The van der Waals surface area contributed by atoms with Crippen LogP contribution in [0.15, 0.2) is 97.1 Å². The highest BCUT2D eigenvalue weighted by molar-refractivity contribution is 5.75. The van der Waals surface area contributed by atoms with Crippen LogP contribution in [0.25, 0.3) is 22.3 Å². The van der Waals surface area contributed by atoms with E-state index in [1.165, 1.54) is 59.1 Å². The van der Waals surface area contributed by atoms with Crippen molar-refractivity contribution in [3.63, 3.8) is 0 Å². The van der Waals surface area contributed by atoms with Gasteiger partial charge in [0.1, 0.15) is 0 Å². The maximum absolute atomic E-state index is 3.61. The molecule has 1 N–H and O–H groups in total. The van der Waals surface area contributed by atoms with Gasteiger partial charge in [-0.1, -0.05) is 79.2 Å². The second kappa shape index (κ2) is 8.59. The summed E-state index contributed by atoms with van der Waals surface area (Å²) in [4.78, 5) is 0. The molecule has 30 heavy (non-hydrogen) atoms. The van der Waals surface area contributed by atoms with E-state index in [1.807, 2.05) is 0 Å². The van der Waals surface area contributed by atoms with Gasteiger partial charge in [-0.05, 0) is 83.3 Å². The van der Waals surface area contributed by atoms with Crippen LogP contribution in [0.1, 0.15) is 30.4 Å². The predicted molar refractivity (Wildman–Crippen MR) is 128 cm³/mol. The lowest BCUT2D eigenvalue weighted by atomic mass is 9.93. The Kier molecular flexibility index (Phi) is 5.35. The van der Waals surface area contributed by atoms with Crippen LogP contribution in [-0.4, -0.2) is 0 Å². The van der Waals surface area contributed by atoms with Crippen LogP contribution in [0.3, 0.4) is 0 Å². The third-order valence-corrected chi connectivity index (χ3v) is 6.09. The number of rotatable bonds is 3. The van der Waals surface area contributed by atoms with Gasteiger partial charge in [-0.15, -0.1) is 0 Å². The fourth-order valence-corrected chi connectivity index (χ4v) is 4.49. The maximum atomic E-state index is 3.61. The number of hydrogen-bond donors (Lipinski definition) is 1. The predicted octanol–water partition coefficient (Wildman–Crippen LogP) is 8.03. The van der Waals surface area contributed by atoms with Crippen molar-refractivity contribution >= 4 is 11.4 Å². The summed E-state index contributed by atoms with van der Waals surface area (Å²) in [6.45, 7) is 0. The van der Waals surface area contributed by atoms with E-state index < -0.39 is 0 Å². The van der Waals surface area contributed by atoms with Crippen LogP contribution < -0.4 is 5.32 Å². The Balaban J connectivity index is 1.42. The number of anilines is 2. The Morgan fingerprint density at radius 1 is 0.467 bits per heavy atom. The normalized spacial score (nSPS) is 13.3. The van der Waals surface area contributed by atoms with Crippen molar-refractivity contribution in [3.8, 4) is 22.3 Å². The lowest BCUT2D eigenvalue weighted by Crippen LogP contribution is -1.96. The molecule has 4 aromatic rings. The van der Waals surface area contributed by atoms with Crippen LogP contribution >= 0.6 is 0 Å². The van der Waals surface area contributed by atoms with Crippen LogP contribution in [0.4, 0.5) is 11.4 Å². The fourth-order valence-electron chi connectivity index (χ4n) is 4.49. The first kappa shape index (κ1) is 18.7. The van der Waals surface area contributed by atoms with Crippen molar-refractivity contribution in [1.82, 2.24) is 0 Å². The third-order valence-electron chi connectivity index (χ3n) is 6.09. The van der Waals surface area contributed by atoms with Gasteiger partial charge in [0.25, 0.3) is 0 Å². The Morgan fingerprint density at radius 3 is 1.93 bits per heavy atom. The molecule has 0 fully saturated rings. The molecular weight excluding hydrogens is 362 g/mol. The summed E-state index contributed by atoms with van der Waals surface area (Å²) >= 11 is 0. The van der Waals surface area contributed by atoms with E-state index in [2.05, 4.69) is 102 Å². The topological polar surface area (TPSA) is 12.0 Å². The lowest BCUT2D eigenvalue weighted by molar-refractivity contribution is 0.683. The minimum atomic E-state index is 1.12. The van der Waals surface area contributed by atoms with Gasteiger partial charge >= 0.3 is 0 Å². The van der Waals surface area contributed by atoms with E-state index in [0.29, 0.717) is 0 Å². The molecule has 0 bridgehead atoms. The largest absolute Gasteiger partial charge is 0.356 e. The molecule has 0 saturated heterocycles. The molecule has 0 heterocycles. The van der Waals surface area contributed by atoms with Gasteiger partial charge in [0.15, 0.2) is 0 Å². The van der Waals surface area contributed by atoms with Gasteiger partial charge in [0, 0.05) is 11.4 Å². The van der Waals surface area contributed by atoms with Crippen molar-refractivity contribution in [1.29, 1.82) is 0 Å². The monoisotopic (exact) mass is 389 g/mol. The lowest BCUT2D eigenvalue weighted by Gasteiger charge is -2.15. The zero-order valence-electron chi connectivity index (χ0n) is 17.3. The minimum absolute atomic E-state index is 1.12. The second-order valence-corrected chi connectivity index (χ2v) is 8.16. The molecule has 4 aromatic carbocycles. The van der Waals surface area contributed by atoms with Gasteiger partial charge in [-0.25, -0.2) is 0 Å². The standard InChI is InChI=1S/C29H27N/c1-3-9-22(10-4-1)23-15-17-26(18-16-23)30-27-19-20-29-25(21-27)13-6-2-5-11-24-12-7-8-14-28(24)29/h1,3-4,7-10,12,14-21,30H,2,5-6,11,13H2. The molecule has 0 saturated carbocycles. The van der Waals surface area contributed by atoms with E-state index in [9.17, 15) is 0 Å². The summed E-state index contributed by atoms with van der Waals surface area (Å²) in [5.74, 6) is 0. The Hall–Kier alpha value is -3.32. The summed E-state index contributed by atoms with van der Waals surface area (Å²) in [5.41, 5.74) is 10.5. The molecule has 1 heteroatoms. The van der Waals surface area contributed by atoms with Crippen molar-refractivity contribution < 1.29 is 0 Å². The highest BCUT2D eigenvalue weighted by Crippen LogP contribution is 2.33. The Labute approximate surface area is 179 Å². The molecule has 0 unspecified atom stereocenters. The van der Waals surface area contributed by atoms with E-state index in [0.717, 1.165) is 17.8 Å². The Morgan fingerprint density at radius 2 is 1.10 bits per heavy atom. The highest BCUT2D eigenvalue weighted by atomic mass is 14.9. The van der Waals surface area contributed by atoms with Crippen molar-refractivity contribution in [2.24, 2.45) is 0 Å². The fraction of sp³-hybridized carbons (Fsp3) is 0.172. The summed E-state index contributed by atoms with van der Waals surface area (Å²) < 4.78 is 0. The van der Waals surface area contributed by atoms with Gasteiger partial charge < -0.3 is 5.32 Å². The summed E-state index contributed by atoms with van der Waals surface area (Å²) in [7, 11) is 0. The van der Waals surface area contributed by atoms with E-state index in [4.69, 9.17) is 0 Å². The molecular formula is C29H27N. The van der Waals surface area contributed by atoms with Crippen LogP contribution in [0.5, 0.6) is 0 Å². The SMILES string of the molecule is c1ccc(-c2ccc(Nc3ccc4c(c3)CCCCCc3ccccc3-4)cc2)cc1. The quantitative estimate of drug-likeness (QED) is 0.374. The molecule has 1 aliphatic carbocycles. The summed E-state index contributed by atoms with van der Waals surface area (Å²) in [5, 5.41) is 3.61. The van der Waals surface area contributed by atoms with E-state index >= 15 is 0 Å². The molecule has 5 rings (SSSR count). The van der Waals surface area contributed by atoms with Crippen molar-refractivity contribution in [2.75, 3.05) is 5.32 Å². The van der Waals surface area contributed by atoms with Crippen LogP contribution in [0.2, 0.25) is 0 Å². The average Bonchev–Trinajstić information content (AvgIpc) is 2.89. The zero-order valence-corrected chi connectivity index (χ0v) is 17.3. The maximum Gasteiger partial charge on any atom is 0.0387 e. The zero-order chi connectivity index (χ0) is 20.2. The molecule has 0 amide bonds. The number of nitrogens with one attached hydrogen (secondary N) is 1. The summed E-state index contributed by atoms with van der Waals surface area (Å²) in [6, 6.07) is 35.0. The number of fused-ring (bicyclic) bond motifs is 3. The average molecular weight is 390 g/mol. The number of aryl methyl sites for hydroxylation is 2. The first-order valence-corrected chi connectivity index (χ1v) is 11.0. The van der Waals surface area contributed by atoms with E-state index in [1.54, 1.807) is 0 Å². The van der Waals surface area contributed by atoms with Crippen molar-refractivity contribution in [3.05, 3.63) is 108 Å². The molecule has 148 valence electrons.